The van der Waals surface area contributed by atoms with E-state index in [9.17, 15) is 56.3 Å². The Morgan fingerprint density at radius 1 is 0.625 bits per heavy atom. The molecule has 0 aliphatic carbocycles. The fraction of sp³-hybridized carbons (Fsp3) is 0.481. The van der Waals surface area contributed by atoms with E-state index in [1.165, 1.54) is 65.2 Å². The van der Waals surface area contributed by atoms with Crippen molar-refractivity contribution in [3.05, 3.63) is 138 Å². The smallest absolute Gasteiger partial charge is 0.416 e. The second-order valence-corrected chi connectivity index (χ2v) is 29.5. The van der Waals surface area contributed by atoms with E-state index in [1.807, 2.05) is 0 Å². The van der Waals surface area contributed by atoms with E-state index in [2.05, 4.69) is 53.8 Å². The Bertz CT molecular complexity index is 3040. The average molecular weight is 1220 g/mol. The van der Waals surface area contributed by atoms with Crippen molar-refractivity contribution in [3.63, 3.8) is 0 Å². The molecule has 0 saturated heterocycles. The standard InChI is InChI=1S/C16H20F3N3O3S.C15H30ClN3O2SSi.C14H15F3N2O.C7H5F3O/c1-21(2)26(23,24)22-12-20-11-14(22)7-3-4-9-25-15-8-5-6-13(10-15)16(17,18)19;1-15(2,3)23(6,7)14-17-12-13(10-8-9-11-16)19(14)22(20,21)18(4)5;15-14(16,17)11-4-3-6-13(8-11)20-7-2-1-5-12-9-18-10-19-12;8-7(9,10)5-2-1-3-6(11)4-5/h5-6,8,10-12H,3-4,7,9H2,1-2H3;12H,8-11H2,1-7H3;3-4,6,8-10H,1-2,5,7H2,(H,18,19);1-4,11H. The van der Waals surface area contributed by atoms with E-state index in [1.54, 1.807) is 32.8 Å². The molecule has 0 aliphatic rings. The average Bonchev–Trinajstić information content (AvgIpc) is 4.17. The van der Waals surface area contributed by atoms with Crippen molar-refractivity contribution in [1.82, 2.24) is 36.5 Å². The number of ether oxygens (including phenoxy) is 2. The number of aryl methyl sites for hydroxylation is 3. The van der Waals surface area contributed by atoms with E-state index in [-0.39, 0.29) is 28.9 Å². The summed E-state index contributed by atoms with van der Waals surface area (Å²) in [7, 11) is -3.30. The topological polar surface area (TPSA) is 178 Å². The molecule has 3 heterocycles. The summed E-state index contributed by atoms with van der Waals surface area (Å²) < 4.78 is 177. The number of unbranched alkanes of at least 4 members (excludes halogenated alkanes) is 3. The molecule has 3 aromatic heterocycles. The number of phenolic OH excluding ortho intramolecular Hbond substituents is 1. The number of alkyl halides is 10. The number of H-pyrrole nitrogens is 1. The second kappa shape index (κ2) is 29.9. The number of rotatable bonds is 21. The van der Waals surface area contributed by atoms with Crippen molar-refractivity contribution < 1.29 is 70.9 Å². The maximum absolute atomic E-state index is 12.9. The van der Waals surface area contributed by atoms with Gasteiger partial charge in [-0.15, -0.1) is 11.6 Å². The molecule has 28 heteroatoms. The number of benzene rings is 3. The molecule has 0 atom stereocenters. The second-order valence-electron chi connectivity index (χ2n) is 19.9. The lowest BCUT2D eigenvalue weighted by atomic mass is 10.2. The van der Waals surface area contributed by atoms with Crippen molar-refractivity contribution in [2.75, 3.05) is 47.3 Å². The van der Waals surface area contributed by atoms with Gasteiger partial charge in [0.1, 0.15) is 37.1 Å². The Balaban J connectivity index is 0.000000290. The summed E-state index contributed by atoms with van der Waals surface area (Å²) in [5.74, 6) is 0.616. The zero-order valence-electron chi connectivity index (χ0n) is 45.9. The fourth-order valence-corrected chi connectivity index (χ4v) is 11.7. The van der Waals surface area contributed by atoms with Crippen molar-refractivity contribution in [3.8, 4) is 17.2 Å². The van der Waals surface area contributed by atoms with Crippen LogP contribution < -0.4 is 14.9 Å². The Hall–Kier alpha value is -5.61. The summed E-state index contributed by atoms with van der Waals surface area (Å²) in [5, 5.41) is 8.68. The third kappa shape index (κ3) is 21.0. The molecule has 0 bridgehead atoms. The van der Waals surface area contributed by atoms with Gasteiger partial charge in [-0.1, -0.05) is 52.1 Å². The highest BCUT2D eigenvalue weighted by Crippen LogP contribution is 2.36. The SMILES string of the molecule is CN(C)S(=O)(=O)n1c(CCCCCl)cnc1[Si](C)(C)C(C)(C)C.CN(C)S(=O)(=O)n1cncc1CCCCOc1cccc(C(F)(F)F)c1.FC(F)(F)c1cccc(OCCCCc2cnc[nH]2)c1.Oc1cccc(C(F)(F)F)c1. The number of aromatic nitrogens is 6. The molecule has 0 aliphatic heterocycles. The number of halogens is 10. The highest BCUT2D eigenvalue weighted by atomic mass is 35.5. The lowest BCUT2D eigenvalue weighted by molar-refractivity contribution is -0.138. The first-order valence-corrected chi connectivity index (χ1v) is 31.3. The lowest BCUT2D eigenvalue weighted by Gasteiger charge is -2.36. The summed E-state index contributed by atoms with van der Waals surface area (Å²) in [5.41, 5.74) is 0.780. The van der Waals surface area contributed by atoms with E-state index in [0.717, 1.165) is 93.6 Å². The molecule has 3 aromatic carbocycles. The largest absolute Gasteiger partial charge is 0.508 e. The summed E-state index contributed by atoms with van der Waals surface area (Å²) in [6.07, 6.45) is 1.24. The third-order valence-corrected chi connectivity index (χ3v) is 21.6. The maximum Gasteiger partial charge on any atom is 0.416 e. The molecule has 0 amide bonds. The number of aromatic hydroxyl groups is 1. The van der Waals surface area contributed by atoms with E-state index < -0.39 is 63.7 Å². The van der Waals surface area contributed by atoms with Gasteiger partial charge < -0.3 is 19.6 Å². The summed E-state index contributed by atoms with van der Waals surface area (Å²) >= 11 is 5.74. The molecule has 0 saturated carbocycles. The quantitative estimate of drug-likeness (QED) is 0.0305. The number of phenols is 1. The molecule has 80 heavy (non-hydrogen) atoms. The predicted octanol–water partition coefficient (Wildman–Crippen LogP) is 12.0. The first-order valence-electron chi connectivity index (χ1n) is 25.0. The summed E-state index contributed by atoms with van der Waals surface area (Å²) in [6, 6.07) is 13.6. The van der Waals surface area contributed by atoms with Gasteiger partial charge in [-0.25, -0.2) is 22.9 Å². The molecule has 6 rings (SSSR count). The lowest BCUT2D eigenvalue weighted by Crippen LogP contribution is -2.56. The minimum atomic E-state index is -4.41. The van der Waals surface area contributed by atoms with Crippen LogP contribution in [0.4, 0.5) is 39.5 Å². The van der Waals surface area contributed by atoms with Gasteiger partial charge in [0.25, 0.3) is 0 Å². The van der Waals surface area contributed by atoms with E-state index >= 15 is 0 Å². The minimum Gasteiger partial charge on any atom is -0.508 e. The predicted molar refractivity (Wildman–Crippen MR) is 292 cm³/mol. The third-order valence-electron chi connectivity index (χ3n) is 12.4. The molecule has 0 unspecified atom stereocenters. The van der Waals surface area contributed by atoms with Crippen LogP contribution >= 0.6 is 11.6 Å². The van der Waals surface area contributed by atoms with Crippen molar-refractivity contribution >= 4 is 45.5 Å². The highest BCUT2D eigenvalue weighted by Gasteiger charge is 2.43. The van der Waals surface area contributed by atoms with Gasteiger partial charge in [-0.2, -0.15) is 65.0 Å². The van der Waals surface area contributed by atoms with Crippen molar-refractivity contribution in [2.24, 2.45) is 0 Å². The number of nitrogens with one attached hydrogen (secondary N) is 1. The molecule has 2 N–H and O–H groups in total. The monoisotopic (exact) mass is 1220 g/mol. The zero-order chi connectivity index (χ0) is 60.3. The van der Waals surface area contributed by atoms with Gasteiger partial charge in [0.15, 0.2) is 0 Å². The first-order chi connectivity index (χ1) is 37.0. The minimum absolute atomic E-state index is 0.00530. The molecular weight excluding hydrogens is 1150 g/mol. The number of imidazole rings is 3. The summed E-state index contributed by atoms with van der Waals surface area (Å²) in [6.45, 7) is 11.5. The Morgan fingerprint density at radius 3 is 1.54 bits per heavy atom. The van der Waals surface area contributed by atoms with Crippen LogP contribution in [0.2, 0.25) is 18.1 Å². The molecule has 0 spiro atoms. The Labute approximate surface area is 468 Å². The van der Waals surface area contributed by atoms with Crippen LogP contribution in [0.1, 0.15) is 93.1 Å². The van der Waals surface area contributed by atoms with E-state index in [4.69, 9.17) is 26.2 Å². The van der Waals surface area contributed by atoms with Gasteiger partial charge in [0.2, 0.25) is 0 Å². The zero-order valence-corrected chi connectivity index (χ0v) is 49.3. The fourth-order valence-electron chi connectivity index (χ4n) is 6.82. The molecule has 0 radical (unpaired) electrons. The van der Waals surface area contributed by atoms with Crippen LogP contribution in [0.25, 0.3) is 0 Å². The van der Waals surface area contributed by atoms with Crippen LogP contribution in [0.15, 0.2) is 104 Å². The number of hydrogen-bond donors (Lipinski definition) is 2. The normalized spacial score (nSPS) is 12.5. The van der Waals surface area contributed by atoms with Crippen molar-refractivity contribution in [2.45, 2.75) is 115 Å². The van der Waals surface area contributed by atoms with Crippen LogP contribution in [-0.4, -0.2) is 114 Å². The summed E-state index contributed by atoms with van der Waals surface area (Å²) in [4.78, 5) is 15.3. The number of nitrogens with zero attached hydrogens (tertiary/aromatic N) is 7. The molecule has 15 nitrogen and oxygen atoms in total. The highest BCUT2D eigenvalue weighted by molar-refractivity contribution is 7.88. The molecule has 6 aromatic rings. The molecule has 446 valence electrons. The van der Waals surface area contributed by atoms with Crippen LogP contribution in [-0.2, 0) is 58.2 Å². The number of hydrogen-bond acceptors (Lipinski definition) is 10. The molecule has 0 fully saturated rings. The van der Waals surface area contributed by atoms with Crippen LogP contribution in [0, 0.1) is 0 Å². The maximum atomic E-state index is 12.9. The van der Waals surface area contributed by atoms with Crippen molar-refractivity contribution in [1.29, 1.82) is 0 Å². The Morgan fingerprint density at radius 2 is 1.10 bits per heavy atom. The number of aromatic amines is 1. The van der Waals surface area contributed by atoms with Crippen LogP contribution in [0.5, 0.6) is 17.2 Å². The first kappa shape index (κ1) is 68.7. The van der Waals surface area contributed by atoms with Crippen LogP contribution in [0.3, 0.4) is 0 Å². The van der Waals surface area contributed by atoms with Gasteiger partial charge >= 0.3 is 38.9 Å². The van der Waals surface area contributed by atoms with E-state index in [0.29, 0.717) is 49.9 Å². The van der Waals surface area contributed by atoms with Gasteiger partial charge in [0, 0.05) is 58.4 Å². The molecular formula is C52H70ClF9N8O7S2Si. The van der Waals surface area contributed by atoms with Gasteiger partial charge in [0.05, 0.1) is 47.6 Å². The Kier molecular flexibility index (Phi) is 25.7. The van der Waals surface area contributed by atoms with Gasteiger partial charge in [-0.3, -0.25) is 0 Å². The van der Waals surface area contributed by atoms with Gasteiger partial charge in [-0.05, 0) is 117 Å².